The van der Waals surface area contributed by atoms with Gasteiger partial charge in [-0.2, -0.15) is 0 Å². The first-order valence-corrected chi connectivity index (χ1v) is 6.61. The van der Waals surface area contributed by atoms with Gasteiger partial charge in [0.2, 0.25) is 10.0 Å². The Kier molecular flexibility index (Phi) is 4.32. The lowest BCUT2D eigenvalue weighted by molar-refractivity contribution is 0.281. The van der Waals surface area contributed by atoms with E-state index in [2.05, 4.69) is 0 Å². The van der Waals surface area contributed by atoms with Crippen molar-refractivity contribution in [1.29, 1.82) is 0 Å². The summed E-state index contributed by atoms with van der Waals surface area (Å²) in [5.41, 5.74) is 0.521. The predicted octanol–water partition coefficient (Wildman–Crippen LogP) is 1.47. The largest absolute Gasteiger partial charge is 0.392 e. The summed E-state index contributed by atoms with van der Waals surface area (Å²) in [7, 11) is -2.08. The minimum atomic E-state index is -3.56. The molecule has 0 radical (unpaired) electrons. The molecular weight excluding hydrogens is 250 g/mol. The lowest BCUT2D eigenvalue weighted by Crippen LogP contribution is -2.26. The Morgan fingerprint density at radius 2 is 2.06 bits per heavy atom. The summed E-state index contributed by atoms with van der Waals surface area (Å²) >= 11 is 5.85. The molecule has 0 spiro atoms. The van der Waals surface area contributed by atoms with Crippen LogP contribution in [-0.4, -0.2) is 31.4 Å². The van der Waals surface area contributed by atoms with Crippen molar-refractivity contribution in [3.63, 3.8) is 0 Å². The van der Waals surface area contributed by atoms with Crippen LogP contribution < -0.4 is 0 Å². The molecule has 0 saturated heterocycles. The molecule has 0 aromatic heterocycles. The van der Waals surface area contributed by atoms with Gasteiger partial charge in [-0.25, -0.2) is 12.7 Å². The van der Waals surface area contributed by atoms with Crippen molar-refractivity contribution >= 4 is 21.6 Å². The maximum atomic E-state index is 12.0. The second-order valence-electron chi connectivity index (χ2n) is 3.34. The summed E-state index contributed by atoms with van der Waals surface area (Å²) in [6.07, 6.45) is 0. The zero-order valence-electron chi connectivity index (χ0n) is 9.14. The summed E-state index contributed by atoms with van der Waals surface area (Å²) < 4.78 is 25.2. The zero-order valence-corrected chi connectivity index (χ0v) is 10.7. The molecule has 0 fully saturated rings. The molecular formula is C10H14ClNO3S. The van der Waals surface area contributed by atoms with Gasteiger partial charge in [0, 0.05) is 13.6 Å². The number of halogens is 1. The molecule has 0 amide bonds. The molecule has 0 aliphatic carbocycles. The molecule has 1 rings (SSSR count). The highest BCUT2D eigenvalue weighted by Gasteiger charge is 2.22. The van der Waals surface area contributed by atoms with Gasteiger partial charge >= 0.3 is 0 Å². The van der Waals surface area contributed by atoms with Gasteiger partial charge in [-0.3, -0.25) is 0 Å². The topological polar surface area (TPSA) is 57.6 Å². The van der Waals surface area contributed by atoms with E-state index in [0.717, 1.165) is 0 Å². The van der Waals surface area contributed by atoms with Crippen molar-refractivity contribution in [2.24, 2.45) is 0 Å². The summed E-state index contributed by atoms with van der Waals surface area (Å²) in [5, 5.41) is 9.13. The first-order valence-electron chi connectivity index (χ1n) is 4.79. The summed E-state index contributed by atoms with van der Waals surface area (Å²) in [4.78, 5) is 0.0325. The predicted molar refractivity (Wildman–Crippen MR) is 62.9 cm³/mol. The molecule has 6 heteroatoms. The monoisotopic (exact) mass is 263 g/mol. The van der Waals surface area contributed by atoms with Crippen LogP contribution in [0.3, 0.4) is 0 Å². The van der Waals surface area contributed by atoms with E-state index >= 15 is 0 Å². The standard InChI is InChI=1S/C10H14ClNO3S/c1-3-12(2)16(14,15)10-6-8(7-13)4-5-9(10)11/h4-6,13H,3,7H2,1-2H3. The van der Waals surface area contributed by atoms with Crippen molar-refractivity contribution in [3.8, 4) is 0 Å². The van der Waals surface area contributed by atoms with Crippen LogP contribution >= 0.6 is 11.6 Å². The molecule has 0 aliphatic heterocycles. The van der Waals surface area contributed by atoms with E-state index < -0.39 is 10.0 Å². The Balaban J connectivity index is 3.32. The second kappa shape index (κ2) is 5.14. The van der Waals surface area contributed by atoms with Gasteiger partial charge in [0.05, 0.1) is 11.6 Å². The number of aliphatic hydroxyl groups is 1. The van der Waals surface area contributed by atoms with E-state index in [9.17, 15) is 8.42 Å². The van der Waals surface area contributed by atoms with Gasteiger partial charge in [0.1, 0.15) is 4.90 Å². The van der Waals surface area contributed by atoms with Gasteiger partial charge in [-0.1, -0.05) is 24.6 Å². The van der Waals surface area contributed by atoms with Crippen LogP contribution in [0.1, 0.15) is 12.5 Å². The van der Waals surface area contributed by atoms with Crippen LogP contribution in [0.15, 0.2) is 23.1 Å². The second-order valence-corrected chi connectivity index (χ2v) is 5.76. The van der Waals surface area contributed by atoms with Crippen LogP contribution in [0.4, 0.5) is 0 Å². The van der Waals surface area contributed by atoms with Gasteiger partial charge in [-0.05, 0) is 17.7 Å². The maximum absolute atomic E-state index is 12.0. The number of rotatable bonds is 4. The number of hydrogen-bond donors (Lipinski definition) is 1. The average molecular weight is 264 g/mol. The average Bonchev–Trinajstić information content (AvgIpc) is 2.28. The number of nitrogens with zero attached hydrogens (tertiary/aromatic N) is 1. The Bertz CT molecular complexity index is 473. The number of aliphatic hydroxyl groups excluding tert-OH is 1. The molecule has 1 aromatic rings. The Labute approximate surface area is 101 Å². The molecule has 1 aromatic carbocycles. The SMILES string of the molecule is CCN(C)S(=O)(=O)c1cc(CO)ccc1Cl. The summed E-state index contributed by atoms with van der Waals surface area (Å²) in [5.74, 6) is 0. The molecule has 0 unspecified atom stereocenters. The molecule has 1 N–H and O–H groups in total. The third-order valence-electron chi connectivity index (χ3n) is 2.31. The molecule has 0 atom stereocenters. The fourth-order valence-electron chi connectivity index (χ4n) is 1.18. The maximum Gasteiger partial charge on any atom is 0.244 e. The lowest BCUT2D eigenvalue weighted by Gasteiger charge is -2.16. The van der Waals surface area contributed by atoms with Gasteiger partial charge in [0.15, 0.2) is 0 Å². The number of sulfonamides is 1. The van der Waals surface area contributed by atoms with E-state index in [1.165, 1.54) is 23.5 Å². The van der Waals surface area contributed by atoms with Crippen LogP contribution in [0.25, 0.3) is 0 Å². The molecule has 0 bridgehead atoms. The quantitative estimate of drug-likeness (QED) is 0.895. The highest BCUT2D eigenvalue weighted by Crippen LogP contribution is 2.25. The lowest BCUT2D eigenvalue weighted by atomic mass is 10.2. The van der Waals surface area contributed by atoms with Crippen molar-refractivity contribution in [1.82, 2.24) is 4.31 Å². The zero-order chi connectivity index (χ0) is 12.3. The van der Waals surface area contributed by atoms with Crippen molar-refractivity contribution in [2.45, 2.75) is 18.4 Å². The molecule has 0 heterocycles. The Hall–Kier alpha value is -0.620. The molecule has 0 aliphatic rings. The van der Waals surface area contributed by atoms with Gasteiger partial charge in [0.25, 0.3) is 0 Å². The number of benzene rings is 1. The minimum absolute atomic E-state index is 0.0325. The van der Waals surface area contributed by atoms with Gasteiger partial charge in [-0.15, -0.1) is 0 Å². The summed E-state index contributed by atoms with van der Waals surface area (Å²) in [6.45, 7) is 1.89. The van der Waals surface area contributed by atoms with E-state index in [1.807, 2.05) is 0 Å². The van der Waals surface area contributed by atoms with E-state index in [0.29, 0.717) is 12.1 Å². The van der Waals surface area contributed by atoms with E-state index in [4.69, 9.17) is 16.7 Å². The molecule has 16 heavy (non-hydrogen) atoms. The highest BCUT2D eigenvalue weighted by atomic mass is 35.5. The van der Waals surface area contributed by atoms with Crippen LogP contribution in [-0.2, 0) is 16.6 Å². The van der Waals surface area contributed by atoms with Crippen LogP contribution in [0, 0.1) is 0 Å². The summed E-state index contributed by atoms with van der Waals surface area (Å²) in [6, 6.07) is 4.46. The van der Waals surface area contributed by atoms with Gasteiger partial charge < -0.3 is 5.11 Å². The van der Waals surface area contributed by atoms with E-state index in [1.54, 1.807) is 13.0 Å². The Morgan fingerprint density at radius 3 is 2.56 bits per heavy atom. The third-order valence-corrected chi connectivity index (χ3v) is 4.73. The van der Waals surface area contributed by atoms with Crippen molar-refractivity contribution in [2.75, 3.05) is 13.6 Å². The van der Waals surface area contributed by atoms with Crippen molar-refractivity contribution in [3.05, 3.63) is 28.8 Å². The first kappa shape index (κ1) is 13.4. The van der Waals surface area contributed by atoms with Crippen LogP contribution in [0.5, 0.6) is 0 Å². The fraction of sp³-hybridized carbons (Fsp3) is 0.400. The molecule has 0 saturated carbocycles. The smallest absolute Gasteiger partial charge is 0.244 e. The highest BCUT2D eigenvalue weighted by molar-refractivity contribution is 7.89. The molecule has 90 valence electrons. The number of hydrogen-bond acceptors (Lipinski definition) is 3. The van der Waals surface area contributed by atoms with Crippen molar-refractivity contribution < 1.29 is 13.5 Å². The normalized spacial score (nSPS) is 12.1. The van der Waals surface area contributed by atoms with Crippen LogP contribution in [0.2, 0.25) is 5.02 Å². The molecule has 4 nitrogen and oxygen atoms in total. The first-order chi connectivity index (χ1) is 7.43. The minimum Gasteiger partial charge on any atom is -0.392 e. The fourth-order valence-corrected chi connectivity index (χ4v) is 2.88. The Morgan fingerprint density at radius 1 is 1.44 bits per heavy atom. The third kappa shape index (κ3) is 2.55. The van der Waals surface area contributed by atoms with E-state index in [-0.39, 0.29) is 16.5 Å².